The van der Waals surface area contributed by atoms with Crippen LogP contribution in [0, 0.1) is 5.92 Å². The first kappa shape index (κ1) is 15.4. The molecule has 0 amide bonds. The van der Waals surface area contributed by atoms with Crippen molar-refractivity contribution in [3.63, 3.8) is 0 Å². The van der Waals surface area contributed by atoms with Crippen molar-refractivity contribution < 1.29 is 14.3 Å². The Morgan fingerprint density at radius 1 is 1.12 bits per heavy atom. The second kappa shape index (κ2) is 7.60. The number of rotatable bonds is 2. The van der Waals surface area contributed by atoms with Crippen molar-refractivity contribution in [3.05, 3.63) is 35.5 Å². The van der Waals surface area contributed by atoms with E-state index in [0.29, 0.717) is 11.1 Å². The Hall–Kier alpha value is -1.64. The number of ketones is 1. The van der Waals surface area contributed by atoms with Gasteiger partial charge in [0, 0.05) is 5.57 Å². The first-order valence-electron chi connectivity index (χ1n) is 5.75. The maximum absolute atomic E-state index is 11.3. The summed E-state index contributed by atoms with van der Waals surface area (Å²) in [5, 5.41) is 0. The van der Waals surface area contributed by atoms with Gasteiger partial charge in [-0.05, 0) is 18.9 Å². The molecule has 0 N–H and O–H groups in total. The Balaban J connectivity index is 0.00000121. The van der Waals surface area contributed by atoms with Crippen LogP contribution in [0.4, 0.5) is 0 Å². The van der Waals surface area contributed by atoms with E-state index in [4.69, 9.17) is 0 Å². The molecule has 0 bridgehead atoms. The molecular weight excluding hydrogens is 216 g/mol. The van der Waals surface area contributed by atoms with Gasteiger partial charge in [-0.1, -0.05) is 39.0 Å². The predicted molar refractivity (Wildman–Crippen MR) is 68.5 cm³/mol. The summed E-state index contributed by atoms with van der Waals surface area (Å²) in [6, 6.07) is 0. The number of ether oxygens (including phenoxy) is 1. The topological polar surface area (TPSA) is 43.4 Å². The number of allylic oxidation sites excluding steroid dienone is 4. The van der Waals surface area contributed by atoms with Gasteiger partial charge in [-0.15, -0.1) is 0 Å². The van der Waals surface area contributed by atoms with E-state index in [9.17, 15) is 9.59 Å². The van der Waals surface area contributed by atoms with Crippen molar-refractivity contribution in [1.29, 1.82) is 0 Å². The molecule has 94 valence electrons. The van der Waals surface area contributed by atoms with E-state index in [1.165, 1.54) is 14.0 Å². The molecule has 1 unspecified atom stereocenters. The minimum Gasteiger partial charge on any atom is -0.465 e. The van der Waals surface area contributed by atoms with E-state index in [1.807, 2.05) is 26.8 Å². The third-order valence-electron chi connectivity index (χ3n) is 2.15. The van der Waals surface area contributed by atoms with Crippen molar-refractivity contribution in [2.45, 2.75) is 27.7 Å². The molecule has 0 aliphatic heterocycles. The minimum atomic E-state index is -0.378. The Labute approximate surface area is 103 Å². The fourth-order valence-electron chi connectivity index (χ4n) is 1.39. The summed E-state index contributed by atoms with van der Waals surface area (Å²) < 4.78 is 4.62. The van der Waals surface area contributed by atoms with E-state index in [1.54, 1.807) is 18.2 Å². The first-order valence-corrected chi connectivity index (χ1v) is 5.75. The zero-order valence-corrected chi connectivity index (χ0v) is 11.1. The van der Waals surface area contributed by atoms with Crippen LogP contribution in [-0.2, 0) is 14.3 Å². The Morgan fingerprint density at radius 3 is 2.06 bits per heavy atom. The van der Waals surface area contributed by atoms with Gasteiger partial charge in [0.25, 0.3) is 0 Å². The lowest BCUT2D eigenvalue weighted by molar-refractivity contribution is -0.135. The molecule has 0 aromatic rings. The highest BCUT2D eigenvalue weighted by molar-refractivity contribution is 5.98. The maximum atomic E-state index is 11.3. The summed E-state index contributed by atoms with van der Waals surface area (Å²) in [7, 11) is 1.34. The molecule has 0 fully saturated rings. The highest BCUT2D eigenvalue weighted by Gasteiger charge is 2.12. The summed E-state index contributed by atoms with van der Waals surface area (Å²) >= 11 is 0. The van der Waals surface area contributed by atoms with Crippen LogP contribution >= 0.6 is 0 Å². The number of hydrogen-bond acceptors (Lipinski definition) is 3. The van der Waals surface area contributed by atoms with Crippen molar-refractivity contribution >= 4 is 11.8 Å². The fraction of sp³-hybridized carbons (Fsp3) is 0.429. The fourth-order valence-corrected chi connectivity index (χ4v) is 1.39. The molecule has 3 heteroatoms. The zero-order valence-electron chi connectivity index (χ0n) is 11.1. The molecule has 0 spiro atoms. The van der Waals surface area contributed by atoms with Gasteiger partial charge < -0.3 is 4.74 Å². The summed E-state index contributed by atoms with van der Waals surface area (Å²) in [6.07, 6.45) is 6.87. The van der Waals surface area contributed by atoms with Gasteiger partial charge in [-0.3, -0.25) is 4.79 Å². The number of Topliss-reactive ketones (excluding diaryl/α,β-unsaturated/α-hetero) is 1. The SMILES string of the molecule is CC.COC(=O)C1=CC(C)C=C(C(C)=O)C=C1. The van der Waals surface area contributed by atoms with E-state index in [-0.39, 0.29) is 17.7 Å². The quantitative estimate of drug-likeness (QED) is 0.692. The molecule has 0 saturated carbocycles. The van der Waals surface area contributed by atoms with Gasteiger partial charge in [-0.25, -0.2) is 4.79 Å². The van der Waals surface area contributed by atoms with Gasteiger partial charge in [0.1, 0.15) is 0 Å². The van der Waals surface area contributed by atoms with Crippen molar-refractivity contribution in [1.82, 2.24) is 0 Å². The van der Waals surface area contributed by atoms with Crippen LogP contribution in [0.25, 0.3) is 0 Å². The molecule has 0 aromatic heterocycles. The molecular formula is C14H20O3. The first-order chi connectivity index (χ1) is 8.04. The van der Waals surface area contributed by atoms with Crippen molar-refractivity contribution in [2.75, 3.05) is 7.11 Å². The van der Waals surface area contributed by atoms with Crippen LogP contribution in [0.15, 0.2) is 35.5 Å². The molecule has 0 heterocycles. The lowest BCUT2D eigenvalue weighted by atomic mass is 10.1. The average molecular weight is 236 g/mol. The number of carbonyl (C=O) groups excluding carboxylic acids is 2. The van der Waals surface area contributed by atoms with Crippen molar-refractivity contribution in [3.8, 4) is 0 Å². The van der Waals surface area contributed by atoms with Gasteiger partial charge in [0.05, 0.1) is 12.7 Å². The lowest BCUT2D eigenvalue weighted by Crippen LogP contribution is -2.03. The van der Waals surface area contributed by atoms with Crippen LogP contribution in [-0.4, -0.2) is 18.9 Å². The smallest absolute Gasteiger partial charge is 0.337 e. The second-order valence-corrected chi connectivity index (χ2v) is 3.48. The number of carbonyl (C=O) groups is 2. The standard InChI is InChI=1S/C12H14O3.C2H6/c1-8-6-10(9(2)13)4-5-11(7-8)12(14)15-3;1-2/h4-8H,1-3H3;1-2H3. The van der Waals surface area contributed by atoms with E-state index >= 15 is 0 Å². The molecule has 1 aliphatic rings. The normalized spacial score (nSPS) is 18.1. The van der Waals surface area contributed by atoms with Crippen LogP contribution in [0.1, 0.15) is 27.7 Å². The Morgan fingerprint density at radius 2 is 1.59 bits per heavy atom. The number of hydrogen-bond donors (Lipinski definition) is 0. The lowest BCUT2D eigenvalue weighted by Gasteiger charge is -2.01. The van der Waals surface area contributed by atoms with E-state index in [0.717, 1.165) is 0 Å². The Kier molecular flexibility index (Phi) is 6.87. The molecule has 3 nitrogen and oxygen atoms in total. The summed E-state index contributed by atoms with van der Waals surface area (Å²) in [5.41, 5.74) is 1.11. The van der Waals surface area contributed by atoms with Gasteiger partial charge in [0.2, 0.25) is 0 Å². The third kappa shape index (κ3) is 4.81. The molecule has 1 atom stereocenters. The predicted octanol–water partition coefficient (Wildman–Crippen LogP) is 2.83. The van der Waals surface area contributed by atoms with E-state index in [2.05, 4.69) is 4.74 Å². The molecule has 1 aliphatic carbocycles. The Bertz CT molecular complexity index is 373. The third-order valence-corrected chi connectivity index (χ3v) is 2.15. The number of esters is 1. The van der Waals surface area contributed by atoms with Gasteiger partial charge in [0.15, 0.2) is 5.78 Å². The summed E-state index contributed by atoms with van der Waals surface area (Å²) in [6.45, 7) is 7.42. The maximum Gasteiger partial charge on any atom is 0.337 e. The molecule has 1 rings (SSSR count). The largest absolute Gasteiger partial charge is 0.465 e. The second-order valence-electron chi connectivity index (χ2n) is 3.48. The monoisotopic (exact) mass is 236 g/mol. The highest BCUT2D eigenvalue weighted by Crippen LogP contribution is 2.16. The molecule has 0 aromatic carbocycles. The van der Waals surface area contributed by atoms with Crippen LogP contribution in [0.3, 0.4) is 0 Å². The van der Waals surface area contributed by atoms with Crippen LogP contribution in [0.2, 0.25) is 0 Å². The van der Waals surface area contributed by atoms with E-state index < -0.39 is 0 Å². The molecule has 0 radical (unpaired) electrons. The van der Waals surface area contributed by atoms with Gasteiger partial charge in [-0.2, -0.15) is 0 Å². The molecule has 0 saturated heterocycles. The highest BCUT2D eigenvalue weighted by atomic mass is 16.5. The van der Waals surface area contributed by atoms with Crippen LogP contribution in [0.5, 0.6) is 0 Å². The molecule has 17 heavy (non-hydrogen) atoms. The number of methoxy groups -OCH3 is 1. The zero-order chi connectivity index (χ0) is 13.4. The van der Waals surface area contributed by atoms with Gasteiger partial charge >= 0.3 is 5.97 Å². The van der Waals surface area contributed by atoms with Crippen LogP contribution < -0.4 is 0 Å². The summed E-state index contributed by atoms with van der Waals surface area (Å²) in [4.78, 5) is 22.5. The average Bonchev–Trinajstić information content (AvgIpc) is 2.52. The van der Waals surface area contributed by atoms with Crippen molar-refractivity contribution in [2.24, 2.45) is 5.92 Å². The minimum absolute atomic E-state index is 0.00221. The summed E-state index contributed by atoms with van der Waals surface area (Å²) in [5.74, 6) is -0.332.